The number of amides is 1. The third-order valence-corrected chi connectivity index (χ3v) is 3.83. The van der Waals surface area contributed by atoms with Gasteiger partial charge in [0.15, 0.2) is 5.82 Å². The summed E-state index contributed by atoms with van der Waals surface area (Å²) < 4.78 is 39.4. The minimum Gasteiger partial charge on any atom is -0.399 e. The van der Waals surface area contributed by atoms with Gasteiger partial charge < -0.3 is 11.1 Å². The van der Waals surface area contributed by atoms with Crippen LogP contribution in [0.1, 0.15) is 6.92 Å². The Kier molecular flexibility index (Phi) is 5.10. The van der Waals surface area contributed by atoms with Crippen molar-refractivity contribution in [3.8, 4) is 0 Å². The van der Waals surface area contributed by atoms with Crippen molar-refractivity contribution < 1.29 is 17.6 Å². The Hall–Kier alpha value is -1.38. The van der Waals surface area contributed by atoms with Crippen molar-refractivity contribution in [1.29, 1.82) is 0 Å². The molecule has 9 heteroatoms. The summed E-state index contributed by atoms with van der Waals surface area (Å²) in [6.07, 6.45) is 0. The van der Waals surface area contributed by atoms with Gasteiger partial charge >= 0.3 is 0 Å². The minimum atomic E-state index is -4.07. The van der Waals surface area contributed by atoms with E-state index in [4.69, 9.17) is 17.3 Å². The van der Waals surface area contributed by atoms with E-state index in [1.807, 2.05) is 0 Å². The van der Waals surface area contributed by atoms with Crippen LogP contribution < -0.4 is 15.8 Å². The predicted molar refractivity (Wildman–Crippen MR) is 69.7 cm³/mol. The van der Waals surface area contributed by atoms with Gasteiger partial charge in [0.1, 0.15) is 4.90 Å². The number of hydrogen-bond acceptors (Lipinski definition) is 4. The Balaban J connectivity index is 2.86. The molecule has 1 aromatic rings. The largest absolute Gasteiger partial charge is 0.399 e. The monoisotopic (exact) mass is 309 g/mol. The molecule has 1 aromatic carbocycles. The second-order valence-electron chi connectivity index (χ2n) is 3.70. The third kappa shape index (κ3) is 4.34. The highest BCUT2D eigenvalue weighted by atomic mass is 35.5. The Morgan fingerprint density at radius 1 is 1.42 bits per heavy atom. The topological polar surface area (TPSA) is 101 Å². The van der Waals surface area contributed by atoms with E-state index >= 15 is 0 Å². The van der Waals surface area contributed by atoms with E-state index in [1.165, 1.54) is 6.92 Å². The highest BCUT2D eigenvalue weighted by Crippen LogP contribution is 2.25. The molecule has 0 aromatic heterocycles. The Bertz CT molecular complexity index is 592. The molecular formula is C10H13ClFN3O3S. The van der Waals surface area contributed by atoms with Gasteiger partial charge in [-0.3, -0.25) is 4.79 Å². The normalized spacial score (nSPS) is 11.3. The second-order valence-corrected chi connectivity index (χ2v) is 5.84. The summed E-state index contributed by atoms with van der Waals surface area (Å²) in [5, 5.41) is 2.02. The van der Waals surface area contributed by atoms with E-state index in [1.54, 1.807) is 0 Å². The lowest BCUT2D eigenvalue weighted by Gasteiger charge is -2.09. The molecule has 0 fully saturated rings. The summed E-state index contributed by atoms with van der Waals surface area (Å²) in [6, 6.07) is 2.09. The standard InChI is InChI=1S/C10H13ClFN3O3S/c1-6(16)14-2-3-15-19(17,18)9-5-7(13)4-8(11)10(9)12/h4-5,15H,2-3,13H2,1H3,(H,14,16). The first-order chi connectivity index (χ1) is 8.74. The molecule has 0 unspecified atom stereocenters. The predicted octanol–water partition coefficient (Wildman–Crippen LogP) is 0.476. The van der Waals surface area contributed by atoms with Crippen LogP contribution in [-0.2, 0) is 14.8 Å². The summed E-state index contributed by atoms with van der Waals surface area (Å²) >= 11 is 5.52. The number of nitrogens with two attached hydrogens (primary N) is 1. The number of carbonyl (C=O) groups is 1. The lowest BCUT2D eigenvalue weighted by Crippen LogP contribution is -2.34. The van der Waals surface area contributed by atoms with Crippen molar-refractivity contribution in [2.45, 2.75) is 11.8 Å². The molecule has 0 saturated carbocycles. The molecule has 0 aliphatic heterocycles. The number of nitrogens with one attached hydrogen (secondary N) is 2. The molecule has 0 radical (unpaired) electrons. The number of hydrogen-bond donors (Lipinski definition) is 3. The van der Waals surface area contributed by atoms with Gasteiger partial charge in [0, 0.05) is 25.7 Å². The van der Waals surface area contributed by atoms with Crippen molar-refractivity contribution >= 4 is 33.2 Å². The molecule has 1 rings (SSSR count). The number of sulfonamides is 1. The number of halogens is 2. The zero-order valence-corrected chi connectivity index (χ0v) is 11.6. The van der Waals surface area contributed by atoms with Gasteiger partial charge in [-0.15, -0.1) is 0 Å². The van der Waals surface area contributed by atoms with Crippen LogP contribution in [-0.4, -0.2) is 27.4 Å². The van der Waals surface area contributed by atoms with Crippen molar-refractivity contribution in [3.05, 3.63) is 23.0 Å². The minimum absolute atomic E-state index is 0.0358. The molecule has 0 aliphatic carbocycles. The van der Waals surface area contributed by atoms with Gasteiger partial charge in [-0.25, -0.2) is 17.5 Å². The summed E-state index contributed by atoms with van der Waals surface area (Å²) in [5.74, 6) is -1.36. The van der Waals surface area contributed by atoms with Crippen LogP contribution in [0.15, 0.2) is 17.0 Å². The summed E-state index contributed by atoms with van der Waals surface area (Å²) in [5.41, 5.74) is 5.45. The van der Waals surface area contributed by atoms with E-state index in [2.05, 4.69) is 10.0 Å². The van der Waals surface area contributed by atoms with E-state index in [0.29, 0.717) is 0 Å². The molecule has 4 N–H and O–H groups in total. The second kappa shape index (κ2) is 6.18. The molecule has 0 saturated heterocycles. The molecule has 106 valence electrons. The zero-order chi connectivity index (χ0) is 14.6. The molecular weight excluding hydrogens is 297 g/mol. The highest BCUT2D eigenvalue weighted by Gasteiger charge is 2.21. The van der Waals surface area contributed by atoms with Crippen LogP contribution in [0.4, 0.5) is 10.1 Å². The number of rotatable bonds is 5. The summed E-state index contributed by atoms with van der Waals surface area (Å²) in [6.45, 7) is 1.31. The van der Waals surface area contributed by atoms with E-state index in [0.717, 1.165) is 12.1 Å². The van der Waals surface area contributed by atoms with Gasteiger partial charge in [-0.2, -0.15) is 0 Å². The smallest absolute Gasteiger partial charge is 0.243 e. The lowest BCUT2D eigenvalue weighted by atomic mass is 10.3. The van der Waals surface area contributed by atoms with Gasteiger partial charge in [0.05, 0.1) is 5.02 Å². The van der Waals surface area contributed by atoms with Gasteiger partial charge in [-0.1, -0.05) is 11.6 Å². The fraction of sp³-hybridized carbons (Fsp3) is 0.300. The molecule has 19 heavy (non-hydrogen) atoms. The molecule has 0 aliphatic rings. The van der Waals surface area contributed by atoms with Gasteiger partial charge in [0.25, 0.3) is 0 Å². The fourth-order valence-corrected chi connectivity index (χ4v) is 2.73. The molecule has 0 spiro atoms. The summed E-state index contributed by atoms with van der Waals surface area (Å²) in [4.78, 5) is 9.97. The van der Waals surface area contributed by atoms with Crippen molar-refractivity contribution in [2.24, 2.45) is 0 Å². The first-order valence-electron chi connectivity index (χ1n) is 5.22. The van der Waals surface area contributed by atoms with Crippen molar-refractivity contribution in [1.82, 2.24) is 10.0 Å². The number of anilines is 1. The van der Waals surface area contributed by atoms with E-state index < -0.39 is 20.7 Å². The number of carbonyl (C=O) groups excluding carboxylic acids is 1. The molecule has 1 amide bonds. The fourth-order valence-electron chi connectivity index (χ4n) is 1.28. The molecule has 0 atom stereocenters. The van der Waals surface area contributed by atoms with Crippen LogP contribution in [0.3, 0.4) is 0 Å². The first-order valence-corrected chi connectivity index (χ1v) is 7.09. The van der Waals surface area contributed by atoms with Crippen LogP contribution >= 0.6 is 11.6 Å². The Morgan fingerprint density at radius 3 is 2.63 bits per heavy atom. The Morgan fingerprint density at radius 2 is 2.05 bits per heavy atom. The van der Waals surface area contributed by atoms with Crippen molar-refractivity contribution in [3.63, 3.8) is 0 Å². The zero-order valence-electron chi connectivity index (χ0n) is 10.0. The van der Waals surface area contributed by atoms with Crippen molar-refractivity contribution in [2.75, 3.05) is 18.8 Å². The SMILES string of the molecule is CC(=O)NCCNS(=O)(=O)c1cc(N)cc(Cl)c1F. The summed E-state index contributed by atoms with van der Waals surface area (Å²) in [7, 11) is -4.07. The maximum atomic E-state index is 13.6. The maximum Gasteiger partial charge on any atom is 0.243 e. The number of benzene rings is 1. The molecule has 0 bridgehead atoms. The average Bonchev–Trinajstić information content (AvgIpc) is 2.29. The van der Waals surface area contributed by atoms with Crippen LogP contribution in [0.2, 0.25) is 5.02 Å². The lowest BCUT2D eigenvalue weighted by molar-refractivity contribution is -0.118. The quantitative estimate of drug-likeness (QED) is 0.544. The van der Waals surface area contributed by atoms with E-state index in [-0.39, 0.29) is 29.7 Å². The molecule has 6 nitrogen and oxygen atoms in total. The van der Waals surface area contributed by atoms with Gasteiger partial charge in [0.2, 0.25) is 15.9 Å². The van der Waals surface area contributed by atoms with Crippen LogP contribution in [0.5, 0.6) is 0 Å². The van der Waals surface area contributed by atoms with E-state index in [9.17, 15) is 17.6 Å². The third-order valence-electron chi connectivity index (χ3n) is 2.10. The molecule has 0 heterocycles. The average molecular weight is 310 g/mol. The maximum absolute atomic E-state index is 13.6. The Labute approximate surface area is 115 Å². The highest BCUT2D eigenvalue weighted by molar-refractivity contribution is 7.89. The van der Waals surface area contributed by atoms with Gasteiger partial charge in [-0.05, 0) is 12.1 Å². The first kappa shape index (κ1) is 15.7. The number of nitrogen functional groups attached to an aromatic ring is 1. The van der Waals surface area contributed by atoms with Crippen LogP contribution in [0, 0.1) is 5.82 Å². The van der Waals surface area contributed by atoms with Crippen LogP contribution in [0.25, 0.3) is 0 Å².